The van der Waals surface area contributed by atoms with Gasteiger partial charge in [-0.15, -0.1) is 11.3 Å². The lowest BCUT2D eigenvalue weighted by molar-refractivity contribution is 0.000953. The van der Waals surface area contributed by atoms with Gasteiger partial charge in [-0.25, -0.2) is 4.98 Å². The molecule has 2 heterocycles. The largest absolute Gasteiger partial charge is 0.396 e. The van der Waals surface area contributed by atoms with E-state index in [1.54, 1.807) is 11.3 Å². The van der Waals surface area contributed by atoms with Crippen molar-refractivity contribution in [3.8, 4) is 0 Å². The van der Waals surface area contributed by atoms with E-state index in [-0.39, 0.29) is 6.61 Å². The van der Waals surface area contributed by atoms with Crippen LogP contribution in [0, 0.1) is 0 Å². The van der Waals surface area contributed by atoms with E-state index in [1.807, 2.05) is 6.20 Å². The summed E-state index contributed by atoms with van der Waals surface area (Å²) in [6, 6.07) is 0. The Morgan fingerprint density at radius 3 is 2.89 bits per heavy atom. The predicted octanol–water partition coefficient (Wildman–Crippen LogP) is 2.16. The average molecular weight is 291 g/mol. The van der Waals surface area contributed by atoms with Gasteiger partial charge in [0.05, 0.1) is 6.10 Å². The predicted molar refractivity (Wildman–Crippen MR) is 73.1 cm³/mol. The fourth-order valence-corrected chi connectivity index (χ4v) is 3.15. The van der Waals surface area contributed by atoms with E-state index >= 15 is 0 Å². The van der Waals surface area contributed by atoms with Crippen molar-refractivity contribution in [3.63, 3.8) is 0 Å². The number of aliphatic hydroxyl groups is 1. The number of rotatable bonds is 6. The highest BCUT2D eigenvalue weighted by atomic mass is 35.5. The van der Waals surface area contributed by atoms with Crippen LogP contribution >= 0.6 is 22.9 Å². The maximum absolute atomic E-state index is 8.70. The quantitative estimate of drug-likeness (QED) is 0.816. The highest BCUT2D eigenvalue weighted by Gasteiger charge is 2.20. The molecule has 1 N–H and O–H groups in total. The molecule has 1 aromatic rings. The monoisotopic (exact) mass is 290 g/mol. The van der Waals surface area contributed by atoms with Gasteiger partial charge in [-0.1, -0.05) is 11.6 Å². The van der Waals surface area contributed by atoms with Gasteiger partial charge in [0, 0.05) is 43.9 Å². The van der Waals surface area contributed by atoms with Crippen molar-refractivity contribution in [1.82, 2.24) is 9.88 Å². The summed E-state index contributed by atoms with van der Waals surface area (Å²) in [5, 5.41) is 8.70. The first-order valence-electron chi connectivity index (χ1n) is 6.33. The molecule has 0 saturated carbocycles. The van der Waals surface area contributed by atoms with Gasteiger partial charge < -0.3 is 9.84 Å². The molecule has 6 heteroatoms. The number of aliphatic hydroxyl groups excluding tert-OH is 1. The zero-order chi connectivity index (χ0) is 12.8. The van der Waals surface area contributed by atoms with E-state index in [2.05, 4.69) is 9.88 Å². The van der Waals surface area contributed by atoms with E-state index in [0.717, 1.165) is 38.9 Å². The highest BCUT2D eigenvalue weighted by molar-refractivity contribution is 7.15. The first-order valence-corrected chi connectivity index (χ1v) is 7.52. The first-order chi connectivity index (χ1) is 8.78. The number of aromatic nitrogens is 1. The fourth-order valence-electron chi connectivity index (χ4n) is 2.13. The number of thiazole rings is 1. The Hall–Kier alpha value is -0.200. The zero-order valence-electron chi connectivity index (χ0n) is 10.3. The molecule has 0 spiro atoms. The second-order valence-electron chi connectivity index (χ2n) is 4.50. The van der Waals surface area contributed by atoms with Crippen molar-refractivity contribution in [3.05, 3.63) is 15.5 Å². The standard InChI is InChI=1S/C12H19ClN2O2S/c13-12-14-8-11(18-12)9-15-4-2-10(3-5-15)17-7-1-6-16/h8,10,16H,1-7,9H2. The molecule has 1 aliphatic rings. The van der Waals surface area contributed by atoms with E-state index in [9.17, 15) is 0 Å². The average Bonchev–Trinajstić information content (AvgIpc) is 2.77. The normalized spacial score (nSPS) is 18.3. The summed E-state index contributed by atoms with van der Waals surface area (Å²) in [4.78, 5) is 7.69. The Morgan fingerprint density at radius 1 is 1.50 bits per heavy atom. The van der Waals surface area contributed by atoms with Crippen LogP contribution in [0.4, 0.5) is 0 Å². The molecule has 0 amide bonds. The van der Waals surface area contributed by atoms with E-state index in [1.165, 1.54) is 4.88 Å². The Kier molecular flexibility index (Phi) is 5.85. The van der Waals surface area contributed by atoms with Crippen LogP contribution in [0.2, 0.25) is 4.47 Å². The number of piperidine rings is 1. The van der Waals surface area contributed by atoms with Crippen molar-refractivity contribution in [2.24, 2.45) is 0 Å². The Bertz CT molecular complexity index is 354. The molecular weight excluding hydrogens is 272 g/mol. The Labute approximate surface area is 117 Å². The minimum Gasteiger partial charge on any atom is -0.396 e. The number of halogens is 1. The fraction of sp³-hybridized carbons (Fsp3) is 0.750. The number of nitrogens with zero attached hydrogens (tertiary/aromatic N) is 2. The third-order valence-electron chi connectivity index (χ3n) is 3.10. The SMILES string of the molecule is OCCCOC1CCN(Cc2cnc(Cl)s2)CC1. The molecule has 0 unspecified atom stereocenters. The summed E-state index contributed by atoms with van der Waals surface area (Å²) in [5.74, 6) is 0. The molecule has 1 aromatic heterocycles. The molecular formula is C12H19ClN2O2S. The van der Waals surface area contributed by atoms with E-state index < -0.39 is 0 Å². The van der Waals surface area contributed by atoms with Gasteiger partial charge in [-0.05, 0) is 19.3 Å². The van der Waals surface area contributed by atoms with Gasteiger partial charge in [0.2, 0.25) is 0 Å². The third kappa shape index (κ3) is 4.48. The molecule has 1 aliphatic heterocycles. The summed E-state index contributed by atoms with van der Waals surface area (Å²) in [6.45, 7) is 3.93. The van der Waals surface area contributed by atoms with Gasteiger partial charge >= 0.3 is 0 Å². The van der Waals surface area contributed by atoms with Crippen LogP contribution in [0.1, 0.15) is 24.1 Å². The molecule has 0 aromatic carbocycles. The van der Waals surface area contributed by atoms with Gasteiger partial charge in [0.25, 0.3) is 0 Å². The topological polar surface area (TPSA) is 45.6 Å². The summed E-state index contributed by atoms with van der Waals surface area (Å²) in [7, 11) is 0. The van der Waals surface area contributed by atoms with Gasteiger partial charge in [0.1, 0.15) is 0 Å². The maximum Gasteiger partial charge on any atom is 0.183 e. The highest BCUT2D eigenvalue weighted by Crippen LogP contribution is 2.22. The molecule has 0 bridgehead atoms. The Morgan fingerprint density at radius 2 is 2.28 bits per heavy atom. The second kappa shape index (κ2) is 7.40. The lowest BCUT2D eigenvalue weighted by Crippen LogP contribution is -2.36. The molecule has 0 radical (unpaired) electrons. The molecule has 18 heavy (non-hydrogen) atoms. The minimum absolute atomic E-state index is 0.213. The molecule has 0 atom stereocenters. The summed E-state index contributed by atoms with van der Waals surface area (Å²) in [6.07, 6.45) is 5.09. The number of ether oxygens (including phenoxy) is 1. The van der Waals surface area contributed by atoms with Gasteiger partial charge in [-0.3, -0.25) is 4.90 Å². The number of hydrogen-bond donors (Lipinski definition) is 1. The summed E-state index contributed by atoms with van der Waals surface area (Å²) < 4.78 is 6.33. The summed E-state index contributed by atoms with van der Waals surface area (Å²) in [5.41, 5.74) is 0. The number of hydrogen-bond acceptors (Lipinski definition) is 5. The molecule has 4 nitrogen and oxygen atoms in total. The molecule has 1 saturated heterocycles. The zero-order valence-corrected chi connectivity index (χ0v) is 11.9. The molecule has 1 fully saturated rings. The second-order valence-corrected chi connectivity index (χ2v) is 6.20. The van der Waals surface area contributed by atoms with Crippen molar-refractivity contribution >= 4 is 22.9 Å². The minimum atomic E-state index is 0.213. The van der Waals surface area contributed by atoms with Crippen LogP contribution in [-0.2, 0) is 11.3 Å². The van der Waals surface area contributed by atoms with Crippen LogP contribution in [0.5, 0.6) is 0 Å². The van der Waals surface area contributed by atoms with Gasteiger partial charge in [-0.2, -0.15) is 0 Å². The van der Waals surface area contributed by atoms with Crippen molar-refractivity contribution in [1.29, 1.82) is 0 Å². The number of likely N-dealkylation sites (tertiary alicyclic amines) is 1. The lowest BCUT2D eigenvalue weighted by atomic mass is 10.1. The van der Waals surface area contributed by atoms with Crippen LogP contribution < -0.4 is 0 Å². The third-order valence-corrected chi connectivity index (χ3v) is 4.19. The van der Waals surface area contributed by atoms with Crippen molar-refractivity contribution in [2.75, 3.05) is 26.3 Å². The maximum atomic E-state index is 8.70. The molecule has 2 rings (SSSR count). The Balaban J connectivity index is 1.67. The van der Waals surface area contributed by atoms with Gasteiger partial charge in [0.15, 0.2) is 4.47 Å². The summed E-state index contributed by atoms with van der Waals surface area (Å²) >= 11 is 7.37. The first kappa shape index (κ1) is 14.2. The lowest BCUT2D eigenvalue weighted by Gasteiger charge is -2.31. The van der Waals surface area contributed by atoms with E-state index in [4.69, 9.17) is 21.4 Å². The van der Waals surface area contributed by atoms with Crippen LogP contribution in [0.25, 0.3) is 0 Å². The molecule has 102 valence electrons. The van der Waals surface area contributed by atoms with Crippen LogP contribution in [0.3, 0.4) is 0 Å². The van der Waals surface area contributed by atoms with Crippen LogP contribution in [0.15, 0.2) is 6.20 Å². The van der Waals surface area contributed by atoms with E-state index in [0.29, 0.717) is 17.2 Å². The van der Waals surface area contributed by atoms with Crippen molar-refractivity contribution < 1.29 is 9.84 Å². The van der Waals surface area contributed by atoms with Crippen LogP contribution in [-0.4, -0.2) is 47.4 Å². The smallest absolute Gasteiger partial charge is 0.183 e. The molecule has 0 aliphatic carbocycles. The van der Waals surface area contributed by atoms with Crippen molar-refractivity contribution in [2.45, 2.75) is 31.9 Å².